The molecule has 0 saturated heterocycles. The van der Waals surface area contributed by atoms with Gasteiger partial charge < -0.3 is 36.6 Å². The molecule has 0 fully saturated rings. The van der Waals surface area contributed by atoms with E-state index in [1.807, 2.05) is 52.0 Å². The number of carbonyl (C=O) groups is 2. The van der Waals surface area contributed by atoms with Gasteiger partial charge in [-0.15, -0.1) is 0 Å². The number of para-hydroxylation sites is 2. The maximum absolute atomic E-state index is 12.6. The van der Waals surface area contributed by atoms with E-state index in [-0.39, 0.29) is 29.5 Å². The Hall–Kier alpha value is -8.38. The summed E-state index contributed by atoms with van der Waals surface area (Å²) < 4.78 is 36.3. The zero-order chi connectivity index (χ0) is 62.8. The summed E-state index contributed by atoms with van der Waals surface area (Å²) in [6, 6.07) is 23.6. The highest BCUT2D eigenvalue weighted by Crippen LogP contribution is 2.33. The second-order valence-corrected chi connectivity index (χ2v) is 23.2. The number of anilines is 8. The van der Waals surface area contributed by atoms with Gasteiger partial charge in [0.1, 0.15) is 5.75 Å². The zero-order valence-electron chi connectivity index (χ0n) is 51.1. The molecule has 0 saturated carbocycles. The number of methoxy groups -OCH3 is 1. The molecule has 8 N–H and O–H groups in total. The Kier molecular flexibility index (Phi) is 24.2. The number of rotatable bonds is 28. The first kappa shape index (κ1) is 66.8. The molecule has 0 radical (unpaired) electrons. The van der Waals surface area contributed by atoms with Crippen LogP contribution in [0.4, 0.5) is 52.2 Å². The number of nitrogens with two attached hydrogens (primary N) is 1. The quantitative estimate of drug-likeness (QED) is 0.00788. The third kappa shape index (κ3) is 19.3. The van der Waals surface area contributed by atoms with Gasteiger partial charge in [-0.3, -0.25) is 24.0 Å². The minimum Gasteiger partial charge on any atom is -0.495 e. The van der Waals surface area contributed by atoms with Gasteiger partial charge in [0, 0.05) is 30.2 Å². The lowest BCUT2D eigenvalue weighted by molar-refractivity contribution is -0.120. The van der Waals surface area contributed by atoms with Crippen LogP contribution in [0.1, 0.15) is 107 Å². The fraction of sp³-hybridized carbons (Fsp3) is 0.387. The number of hydrogen-bond acceptors (Lipinski definition) is 19. The van der Waals surface area contributed by atoms with Crippen LogP contribution in [0.3, 0.4) is 0 Å². The first-order valence-electron chi connectivity index (χ1n) is 28.4. The third-order valence-corrected chi connectivity index (χ3v) is 14.9. The van der Waals surface area contributed by atoms with E-state index in [1.54, 1.807) is 24.3 Å². The second-order valence-electron chi connectivity index (χ2n) is 21.3. The van der Waals surface area contributed by atoms with Crippen molar-refractivity contribution in [1.82, 2.24) is 34.8 Å². The molecule has 2 aromatic heterocycles. The highest BCUT2D eigenvalue weighted by molar-refractivity contribution is 7.85. The van der Waals surface area contributed by atoms with Crippen LogP contribution in [0.5, 0.6) is 5.75 Å². The summed E-state index contributed by atoms with van der Waals surface area (Å²) in [4.78, 5) is 64.0. The van der Waals surface area contributed by atoms with Gasteiger partial charge in [-0.2, -0.15) is 43.6 Å². The van der Waals surface area contributed by atoms with E-state index in [0.29, 0.717) is 41.9 Å². The molecule has 0 aliphatic carbocycles. The van der Waals surface area contributed by atoms with Crippen LogP contribution in [0.25, 0.3) is 0 Å². The highest BCUT2D eigenvalue weighted by atomic mass is 35.5. The molecule has 24 heteroatoms. The molecule has 0 spiro atoms. The number of nitrogens with one attached hydrogen (secondary N) is 5. The summed E-state index contributed by atoms with van der Waals surface area (Å²) in [6.07, 6.45) is 4.17. The average Bonchev–Trinajstić information content (AvgIpc) is 3.17. The van der Waals surface area contributed by atoms with E-state index in [2.05, 4.69) is 132 Å². The van der Waals surface area contributed by atoms with Crippen LogP contribution in [0.15, 0.2) is 87.8 Å². The topological polar surface area (TPSA) is 300 Å². The Morgan fingerprint density at radius 3 is 1.74 bits per heavy atom. The molecule has 1 atom stereocenters. The van der Waals surface area contributed by atoms with Crippen LogP contribution >= 0.6 is 11.6 Å². The maximum atomic E-state index is 12.6. The molecular formula is C62H80ClN15O7S. The van der Waals surface area contributed by atoms with Crippen molar-refractivity contribution in [3.63, 3.8) is 0 Å². The molecule has 2 heterocycles. The van der Waals surface area contributed by atoms with E-state index in [0.717, 1.165) is 112 Å². The predicted molar refractivity (Wildman–Crippen MR) is 343 cm³/mol. The van der Waals surface area contributed by atoms with Crippen LogP contribution in [-0.2, 0) is 32.5 Å². The van der Waals surface area contributed by atoms with Crippen LogP contribution < -0.4 is 42.3 Å². The Morgan fingerprint density at radius 1 is 0.721 bits per heavy atom. The van der Waals surface area contributed by atoms with Gasteiger partial charge in [-0.1, -0.05) is 74.5 Å². The van der Waals surface area contributed by atoms with Gasteiger partial charge in [0.05, 0.1) is 24.2 Å². The largest absolute Gasteiger partial charge is 0.495 e. The normalized spacial score (nSPS) is 11.7. The number of hydrogen-bond donors (Lipinski definition) is 7. The molecular weight excluding hydrogens is 1130 g/mol. The fourth-order valence-corrected chi connectivity index (χ4v) is 10.7. The van der Waals surface area contributed by atoms with Gasteiger partial charge >= 0.3 is 5.69 Å². The van der Waals surface area contributed by atoms with E-state index in [4.69, 9.17) is 26.6 Å². The Morgan fingerprint density at radius 2 is 1.22 bits per heavy atom. The highest BCUT2D eigenvalue weighted by Gasteiger charge is 2.26. The number of H-pyrrole nitrogens is 1. The van der Waals surface area contributed by atoms with Crippen LogP contribution in [0.2, 0.25) is 5.28 Å². The minimum atomic E-state index is -4.19. The average molecular weight is 1210 g/mol. The lowest BCUT2D eigenvalue weighted by Gasteiger charge is -2.24. The van der Waals surface area contributed by atoms with Crippen molar-refractivity contribution in [2.24, 2.45) is 10.2 Å². The van der Waals surface area contributed by atoms with E-state index in [1.165, 1.54) is 42.9 Å². The summed E-state index contributed by atoms with van der Waals surface area (Å²) in [5.74, 6) is 0.425. The van der Waals surface area contributed by atoms with Crippen molar-refractivity contribution in [3.05, 3.63) is 155 Å². The predicted octanol–water partition coefficient (Wildman–Crippen LogP) is 11.3. The Labute approximate surface area is 509 Å². The van der Waals surface area contributed by atoms with Crippen LogP contribution in [0, 0.1) is 55.4 Å². The smallest absolute Gasteiger partial charge is 0.351 e. The van der Waals surface area contributed by atoms with Gasteiger partial charge in [0.25, 0.3) is 10.1 Å². The molecule has 86 heavy (non-hydrogen) atoms. The van der Waals surface area contributed by atoms with Crippen LogP contribution in [-0.4, -0.2) is 112 Å². The third-order valence-electron chi connectivity index (χ3n) is 14.0. The molecule has 0 aliphatic rings. The van der Waals surface area contributed by atoms with Gasteiger partial charge in [-0.05, 0) is 205 Å². The van der Waals surface area contributed by atoms with Crippen molar-refractivity contribution in [2.45, 2.75) is 114 Å². The number of aromatic nitrogens is 6. The monoisotopic (exact) mass is 1210 g/mol. The molecule has 22 nitrogen and oxygen atoms in total. The SMILES string of the molecule is CCCN(CCC)CCCNc1nc(Cl)nc(Nc2c(C)cc(Cc3cc(C)c(N)c(C)c3)cc2C)n1.COc1ccccc1N(C=O)C(N=Nc1c(C)cc(Cc2cc(C)c(Nc3nc(NCCS(=O)(=O)O)nc(=O)[nH]3)c(C)c2)cc1C)C(C)=O. The zero-order valence-corrected chi connectivity index (χ0v) is 52.7. The molecule has 0 bridgehead atoms. The van der Waals surface area contributed by atoms with Gasteiger partial charge in [0.2, 0.25) is 41.7 Å². The number of ether oxygens (including phenoxy) is 1. The number of carbonyl (C=O) groups excluding carboxylic acids is 2. The fourth-order valence-electron chi connectivity index (χ4n) is 10.2. The lowest BCUT2D eigenvalue weighted by atomic mass is 9.96. The van der Waals surface area contributed by atoms with Crippen molar-refractivity contribution in [1.29, 1.82) is 0 Å². The maximum Gasteiger partial charge on any atom is 0.351 e. The number of nitrogens with zero attached hydrogens (tertiary/aromatic N) is 9. The summed E-state index contributed by atoms with van der Waals surface area (Å²) in [7, 11) is -2.71. The minimum absolute atomic E-state index is 0.0927. The number of Topliss-reactive ketones (excluding diaryl/α,β-unsaturated/α-hetero) is 1. The first-order valence-corrected chi connectivity index (χ1v) is 30.4. The molecule has 5 aromatic carbocycles. The molecule has 458 valence electrons. The number of benzene rings is 5. The number of aryl methyl sites for hydroxylation is 8. The molecule has 1 unspecified atom stereocenters. The van der Waals surface area contributed by atoms with Crippen molar-refractivity contribution in [3.8, 4) is 5.75 Å². The summed E-state index contributed by atoms with van der Waals surface area (Å²) in [5, 5.41) is 21.3. The Bertz CT molecular complexity index is 3630. The number of aromatic amines is 1. The van der Waals surface area contributed by atoms with E-state index in [9.17, 15) is 22.8 Å². The van der Waals surface area contributed by atoms with Crippen molar-refractivity contribution < 1.29 is 27.3 Å². The number of nitrogen functional groups attached to an aromatic ring is 1. The standard InChI is InChI=1S/C33H38N8O7S.C29H42ClN7/c1-19-13-24(14-20(2)28(19)35-32-36-31(37-33(44)38-32)34-11-12-49(45,46)47)17-25-15-21(3)29(22(4)16-25)39-40-30(23(5)43)41(18-42)26-9-7-8-10-27(26)48-6;1-7-11-37(12-8-2)13-9-10-32-28-34-27(30)35-29(36-28)33-26-21(5)16-24(17-22(26)6)18-23-14-19(3)25(31)20(4)15-23/h7-10,13-16,18,30H,11-12,17H2,1-6H3,(H,45,46,47)(H3,34,35,36,37,38,44);14-17H,7-13,18,31H2,1-6H3,(H2,32,33,34,35,36). The van der Waals surface area contributed by atoms with E-state index >= 15 is 0 Å². The molecule has 1 amide bonds. The van der Waals surface area contributed by atoms with Gasteiger partial charge in [-0.25, -0.2) is 4.79 Å². The second kappa shape index (κ2) is 31.1. The van der Waals surface area contributed by atoms with E-state index < -0.39 is 27.7 Å². The molecule has 7 aromatic rings. The lowest BCUT2D eigenvalue weighted by Crippen LogP contribution is -2.38. The van der Waals surface area contributed by atoms with Gasteiger partial charge in [0.15, 0.2) is 5.78 Å². The number of azo groups is 1. The summed E-state index contributed by atoms with van der Waals surface area (Å²) >= 11 is 6.23. The summed E-state index contributed by atoms with van der Waals surface area (Å²) in [6.45, 7) is 25.7. The summed E-state index contributed by atoms with van der Waals surface area (Å²) in [5.41, 5.74) is 21.5. The first-order chi connectivity index (χ1) is 40.9. The number of amides is 1. The molecule has 7 rings (SSSR count). The van der Waals surface area contributed by atoms with Crippen molar-refractivity contribution >= 4 is 86.1 Å². The number of halogens is 1. The molecule has 0 aliphatic heterocycles. The van der Waals surface area contributed by atoms with Crippen molar-refractivity contribution in [2.75, 3.05) is 77.5 Å². The Balaban J connectivity index is 0.000000286. The number of ketones is 1.